The van der Waals surface area contributed by atoms with Crippen LogP contribution in [0.3, 0.4) is 0 Å². The van der Waals surface area contributed by atoms with Gasteiger partial charge in [0.15, 0.2) is 0 Å². The van der Waals surface area contributed by atoms with Gasteiger partial charge in [-0.25, -0.2) is 0 Å². The number of nitrogens with one attached hydrogen (secondary N) is 2. The molecule has 0 fully saturated rings. The van der Waals surface area contributed by atoms with E-state index >= 15 is 0 Å². The quantitative estimate of drug-likeness (QED) is 0.785. The van der Waals surface area contributed by atoms with Gasteiger partial charge >= 0.3 is 0 Å². The van der Waals surface area contributed by atoms with Crippen molar-refractivity contribution in [1.29, 1.82) is 0 Å². The molecule has 7 nitrogen and oxygen atoms in total. The minimum Gasteiger partial charge on any atom is -0.496 e. The molecule has 2 rings (SSSR count). The maximum atomic E-state index is 11.9. The highest BCUT2D eigenvalue weighted by Gasteiger charge is 2.11. The molecule has 126 valence electrons. The smallest absolute Gasteiger partial charge is 0.258 e. The van der Waals surface area contributed by atoms with Crippen LogP contribution in [-0.2, 0) is 22.6 Å². The van der Waals surface area contributed by atoms with Gasteiger partial charge in [0, 0.05) is 22.8 Å². The Labute approximate surface area is 143 Å². The van der Waals surface area contributed by atoms with E-state index in [1.807, 2.05) is 0 Å². The van der Waals surface area contributed by atoms with E-state index in [0.717, 1.165) is 0 Å². The summed E-state index contributed by atoms with van der Waals surface area (Å²) in [4.78, 5) is 35.2. The molecule has 1 aromatic heterocycles. The van der Waals surface area contributed by atoms with Crippen LogP contribution in [0.15, 0.2) is 47.4 Å². The van der Waals surface area contributed by atoms with Crippen LogP contribution in [0.2, 0.25) is 5.02 Å². The molecule has 1 aromatic carbocycles. The normalized spacial score (nSPS) is 10.1. The van der Waals surface area contributed by atoms with E-state index in [2.05, 4.69) is 10.9 Å². The average molecular weight is 350 g/mol. The van der Waals surface area contributed by atoms with Gasteiger partial charge in [-0.3, -0.25) is 25.2 Å². The Balaban J connectivity index is 1.89. The van der Waals surface area contributed by atoms with E-state index in [1.54, 1.807) is 30.3 Å². The third-order valence-corrected chi connectivity index (χ3v) is 3.38. The molecule has 8 heteroatoms. The standard InChI is InChI=1S/C16H16ClN3O4/c1-24-13-6-5-12(17)8-11(13)9-14(21)18-19-15(22)10-20-7-3-2-4-16(20)23/h2-8H,9-10H2,1H3,(H,18,21)(H,19,22). The number of hydrogen-bond donors (Lipinski definition) is 2. The third-order valence-electron chi connectivity index (χ3n) is 3.15. The molecule has 2 aromatic rings. The van der Waals surface area contributed by atoms with Gasteiger partial charge in [0.05, 0.1) is 13.5 Å². The molecule has 0 bridgehead atoms. The first-order valence-corrected chi connectivity index (χ1v) is 7.43. The number of hydrazine groups is 1. The van der Waals surface area contributed by atoms with E-state index in [9.17, 15) is 14.4 Å². The second-order valence-electron chi connectivity index (χ2n) is 4.90. The number of nitrogens with zero attached hydrogens (tertiary/aromatic N) is 1. The van der Waals surface area contributed by atoms with Gasteiger partial charge < -0.3 is 9.30 Å². The van der Waals surface area contributed by atoms with Gasteiger partial charge in [-0.15, -0.1) is 0 Å². The van der Waals surface area contributed by atoms with Crippen LogP contribution in [0.4, 0.5) is 0 Å². The number of rotatable bonds is 5. The number of aromatic nitrogens is 1. The molecule has 2 amide bonds. The van der Waals surface area contributed by atoms with Crippen molar-refractivity contribution in [2.24, 2.45) is 0 Å². The maximum absolute atomic E-state index is 11.9. The lowest BCUT2D eigenvalue weighted by Gasteiger charge is -2.11. The van der Waals surface area contributed by atoms with Gasteiger partial charge in [0.1, 0.15) is 12.3 Å². The lowest BCUT2D eigenvalue weighted by atomic mass is 10.1. The van der Waals surface area contributed by atoms with Gasteiger partial charge in [-0.2, -0.15) is 0 Å². The molecular weight excluding hydrogens is 334 g/mol. The van der Waals surface area contributed by atoms with Crippen molar-refractivity contribution in [1.82, 2.24) is 15.4 Å². The van der Waals surface area contributed by atoms with Crippen molar-refractivity contribution >= 4 is 23.4 Å². The zero-order valence-corrected chi connectivity index (χ0v) is 13.7. The van der Waals surface area contributed by atoms with Crippen LogP contribution >= 0.6 is 11.6 Å². The minimum atomic E-state index is -0.519. The maximum Gasteiger partial charge on any atom is 0.258 e. The second kappa shape index (κ2) is 8.16. The minimum absolute atomic E-state index is 0.0186. The summed E-state index contributed by atoms with van der Waals surface area (Å²) in [6, 6.07) is 9.49. The first-order valence-electron chi connectivity index (χ1n) is 7.05. The van der Waals surface area contributed by atoms with Crippen LogP contribution in [0.25, 0.3) is 0 Å². The van der Waals surface area contributed by atoms with Crippen LogP contribution in [0.5, 0.6) is 5.75 Å². The van der Waals surface area contributed by atoms with Gasteiger partial charge in [-0.05, 0) is 24.3 Å². The number of hydrogen-bond acceptors (Lipinski definition) is 4. The summed E-state index contributed by atoms with van der Waals surface area (Å²) in [6.07, 6.45) is 1.47. The molecule has 0 aliphatic carbocycles. The predicted molar refractivity (Wildman–Crippen MR) is 88.7 cm³/mol. The first-order chi connectivity index (χ1) is 11.5. The average Bonchev–Trinajstić information content (AvgIpc) is 2.55. The van der Waals surface area contributed by atoms with Crippen molar-refractivity contribution in [2.45, 2.75) is 13.0 Å². The van der Waals surface area contributed by atoms with Crippen molar-refractivity contribution in [3.8, 4) is 5.75 Å². The van der Waals surface area contributed by atoms with Crippen LogP contribution in [0, 0.1) is 0 Å². The van der Waals surface area contributed by atoms with E-state index in [-0.39, 0.29) is 18.5 Å². The van der Waals surface area contributed by atoms with E-state index < -0.39 is 11.8 Å². The van der Waals surface area contributed by atoms with Crippen molar-refractivity contribution < 1.29 is 14.3 Å². The Morgan fingerprint density at radius 2 is 1.92 bits per heavy atom. The fourth-order valence-corrected chi connectivity index (χ4v) is 2.22. The topological polar surface area (TPSA) is 89.4 Å². The highest BCUT2D eigenvalue weighted by atomic mass is 35.5. The summed E-state index contributed by atoms with van der Waals surface area (Å²) in [7, 11) is 1.49. The number of ether oxygens (including phenoxy) is 1. The first kappa shape index (κ1) is 17.6. The molecule has 0 aliphatic heterocycles. The largest absolute Gasteiger partial charge is 0.496 e. The Morgan fingerprint density at radius 3 is 2.62 bits per heavy atom. The Morgan fingerprint density at radius 1 is 1.17 bits per heavy atom. The summed E-state index contributed by atoms with van der Waals surface area (Å²) in [5.74, 6) is -0.434. The molecule has 0 atom stereocenters. The molecule has 0 aliphatic rings. The molecule has 1 heterocycles. The summed E-state index contributed by atoms with van der Waals surface area (Å²) < 4.78 is 6.38. The molecular formula is C16H16ClN3O4. The Bertz CT molecular complexity index is 804. The third kappa shape index (κ3) is 4.85. The number of methoxy groups -OCH3 is 1. The number of benzene rings is 1. The zero-order valence-electron chi connectivity index (χ0n) is 12.9. The van der Waals surface area contributed by atoms with E-state index in [1.165, 1.54) is 23.9 Å². The van der Waals surface area contributed by atoms with Crippen molar-refractivity contribution in [3.05, 3.63) is 63.5 Å². The lowest BCUT2D eigenvalue weighted by molar-refractivity contribution is -0.128. The molecule has 0 radical (unpaired) electrons. The lowest BCUT2D eigenvalue weighted by Crippen LogP contribution is -2.44. The number of halogens is 1. The fourth-order valence-electron chi connectivity index (χ4n) is 2.03. The highest BCUT2D eigenvalue weighted by Crippen LogP contribution is 2.22. The summed E-state index contributed by atoms with van der Waals surface area (Å²) in [6.45, 7) is -0.194. The van der Waals surface area contributed by atoms with E-state index in [4.69, 9.17) is 16.3 Å². The molecule has 0 saturated heterocycles. The molecule has 2 N–H and O–H groups in total. The second-order valence-corrected chi connectivity index (χ2v) is 5.33. The molecule has 0 spiro atoms. The summed E-state index contributed by atoms with van der Waals surface area (Å²) in [5.41, 5.74) is 4.84. The summed E-state index contributed by atoms with van der Waals surface area (Å²) >= 11 is 5.90. The number of pyridine rings is 1. The van der Waals surface area contributed by atoms with Gasteiger partial charge in [0.25, 0.3) is 11.5 Å². The monoisotopic (exact) mass is 349 g/mol. The van der Waals surface area contributed by atoms with Crippen LogP contribution < -0.4 is 21.1 Å². The Kier molecular flexibility index (Phi) is 5.97. The molecule has 0 saturated carbocycles. The highest BCUT2D eigenvalue weighted by molar-refractivity contribution is 6.30. The van der Waals surface area contributed by atoms with Gasteiger partial charge in [-0.1, -0.05) is 17.7 Å². The van der Waals surface area contributed by atoms with E-state index in [0.29, 0.717) is 16.3 Å². The number of carbonyl (C=O) groups is 2. The summed E-state index contributed by atoms with van der Waals surface area (Å²) in [5, 5.41) is 0.478. The number of carbonyl (C=O) groups excluding carboxylic acids is 2. The van der Waals surface area contributed by atoms with Gasteiger partial charge in [0.2, 0.25) is 5.91 Å². The van der Waals surface area contributed by atoms with Crippen molar-refractivity contribution in [2.75, 3.05) is 7.11 Å². The zero-order chi connectivity index (χ0) is 17.5. The van der Waals surface area contributed by atoms with Crippen molar-refractivity contribution in [3.63, 3.8) is 0 Å². The molecule has 24 heavy (non-hydrogen) atoms. The fraction of sp³-hybridized carbons (Fsp3) is 0.188. The SMILES string of the molecule is COc1ccc(Cl)cc1CC(=O)NNC(=O)Cn1ccccc1=O. The predicted octanol–water partition coefficient (Wildman–Crippen LogP) is 0.900. The number of amides is 2. The molecule has 0 unspecified atom stereocenters. The van der Waals surface area contributed by atoms with Crippen LogP contribution in [0.1, 0.15) is 5.56 Å². The Hall–Kier alpha value is -2.80. The van der Waals surface area contributed by atoms with Crippen LogP contribution in [-0.4, -0.2) is 23.5 Å².